The Labute approximate surface area is 341 Å². The highest BCUT2D eigenvalue weighted by molar-refractivity contribution is 5.90. The molecular weight excluding hydrogens is 743 g/mol. The number of hydrogen-bond acceptors (Lipinski definition) is 12. The Morgan fingerprint density at radius 1 is 0.593 bits per heavy atom. The minimum absolute atomic E-state index is 0.399. The van der Waals surface area contributed by atoms with Crippen molar-refractivity contribution in [1.82, 2.24) is 39.5 Å². The van der Waals surface area contributed by atoms with Gasteiger partial charge in [-0.3, -0.25) is 0 Å². The van der Waals surface area contributed by atoms with E-state index in [1.165, 1.54) is 5.56 Å². The highest BCUT2D eigenvalue weighted by atomic mass is 16.5. The van der Waals surface area contributed by atoms with E-state index in [4.69, 9.17) is 44.3 Å². The maximum atomic E-state index is 5.66. The molecule has 0 bridgehead atoms. The second kappa shape index (κ2) is 15.7. The molecule has 1 N–H and O–H groups in total. The van der Waals surface area contributed by atoms with Crippen LogP contribution in [-0.4, -0.2) is 93.1 Å². The van der Waals surface area contributed by atoms with Crippen molar-refractivity contribution in [3.8, 4) is 34.3 Å². The van der Waals surface area contributed by atoms with Gasteiger partial charge in [-0.05, 0) is 97.1 Å². The average Bonchev–Trinajstić information content (AvgIpc) is 3.94. The molecule has 2 aliphatic heterocycles. The summed E-state index contributed by atoms with van der Waals surface area (Å²) in [5, 5.41) is 14.9. The number of ether oxygens (including phenoxy) is 3. The summed E-state index contributed by atoms with van der Waals surface area (Å²) in [6, 6.07) is 34.5. The number of anilines is 4. The first-order valence-electron chi connectivity index (χ1n) is 19.9. The van der Waals surface area contributed by atoms with E-state index in [9.17, 15) is 0 Å². The number of hydrogen-bond donors (Lipinski definition) is 1. The van der Waals surface area contributed by atoms with Crippen molar-refractivity contribution in [2.24, 2.45) is 0 Å². The molecule has 8 aromatic rings. The summed E-state index contributed by atoms with van der Waals surface area (Å²) >= 11 is 0. The number of morpholine rings is 1. The largest absolute Gasteiger partial charge is 0.497 e. The lowest BCUT2D eigenvalue weighted by Gasteiger charge is -2.33. The van der Waals surface area contributed by atoms with E-state index in [1.54, 1.807) is 14.2 Å². The van der Waals surface area contributed by atoms with Crippen LogP contribution in [0.2, 0.25) is 0 Å². The summed E-state index contributed by atoms with van der Waals surface area (Å²) in [7, 11) is 3.33. The van der Waals surface area contributed by atoms with E-state index < -0.39 is 0 Å². The number of benzene rings is 4. The molecule has 0 amide bonds. The maximum Gasteiger partial charge on any atom is 0.231 e. The van der Waals surface area contributed by atoms with Crippen molar-refractivity contribution in [1.29, 1.82) is 0 Å². The van der Waals surface area contributed by atoms with Crippen LogP contribution in [0.25, 0.3) is 44.8 Å². The Kier molecular flexibility index (Phi) is 9.66. The summed E-state index contributed by atoms with van der Waals surface area (Å²) < 4.78 is 20.2. The number of para-hydroxylation sites is 1. The van der Waals surface area contributed by atoms with Crippen LogP contribution in [0.1, 0.15) is 24.3 Å². The fourth-order valence-corrected chi connectivity index (χ4v) is 8.03. The lowest BCUT2D eigenvalue weighted by Crippen LogP contribution is -2.37. The van der Waals surface area contributed by atoms with Gasteiger partial charge in [0, 0.05) is 37.4 Å². The third-order valence-corrected chi connectivity index (χ3v) is 11.2. The molecule has 0 saturated carbocycles. The smallest absolute Gasteiger partial charge is 0.231 e. The van der Waals surface area contributed by atoms with Crippen molar-refractivity contribution in [3.63, 3.8) is 0 Å². The molecule has 0 spiro atoms. The van der Waals surface area contributed by atoms with Gasteiger partial charge in [-0.25, -0.2) is 19.3 Å². The third kappa shape index (κ3) is 7.12. The molecule has 0 radical (unpaired) electrons. The zero-order valence-electron chi connectivity index (χ0n) is 32.9. The number of nitrogens with zero attached hydrogens (tertiary/aromatic N) is 10. The Hall–Kier alpha value is -7.06. The number of rotatable bonds is 10. The van der Waals surface area contributed by atoms with Crippen LogP contribution in [0, 0.1) is 0 Å². The third-order valence-electron chi connectivity index (χ3n) is 11.2. The lowest BCUT2D eigenvalue weighted by molar-refractivity contribution is 0.122. The molecule has 296 valence electrons. The monoisotopic (exact) mass is 785 g/mol. The molecule has 0 aliphatic carbocycles. The quantitative estimate of drug-likeness (QED) is 0.146. The zero-order valence-corrected chi connectivity index (χ0v) is 32.9. The van der Waals surface area contributed by atoms with Crippen LogP contribution >= 0.6 is 0 Å². The van der Waals surface area contributed by atoms with Gasteiger partial charge in [0.1, 0.15) is 23.1 Å². The van der Waals surface area contributed by atoms with Crippen LogP contribution in [0.15, 0.2) is 116 Å². The van der Waals surface area contributed by atoms with E-state index in [0.717, 1.165) is 107 Å². The molecule has 14 heteroatoms. The van der Waals surface area contributed by atoms with Crippen molar-refractivity contribution in [2.45, 2.75) is 18.8 Å². The van der Waals surface area contributed by atoms with Gasteiger partial charge in [0.25, 0.3) is 0 Å². The Morgan fingerprint density at radius 2 is 1.17 bits per heavy atom. The number of nitrogens with one attached hydrogen (secondary N) is 1. The molecule has 2 aliphatic rings. The summed E-state index contributed by atoms with van der Waals surface area (Å²) in [5.41, 5.74) is 6.49. The van der Waals surface area contributed by atoms with E-state index in [2.05, 4.69) is 39.4 Å². The average molecular weight is 786 g/mol. The number of methoxy groups -OCH3 is 2. The number of fused-ring (bicyclic) bond motifs is 2. The van der Waals surface area contributed by atoms with Crippen LogP contribution in [0.4, 0.5) is 23.3 Å². The van der Waals surface area contributed by atoms with Crippen molar-refractivity contribution in [3.05, 3.63) is 121 Å². The molecule has 2 fully saturated rings. The normalized spacial score (nSPS) is 14.9. The highest BCUT2D eigenvalue weighted by Crippen LogP contribution is 2.36. The van der Waals surface area contributed by atoms with E-state index in [0.29, 0.717) is 30.9 Å². The molecule has 2 saturated heterocycles. The fraction of sp³-hybridized carbons (Fsp3) is 0.244. The standard InChI is InChI=1S/C45H43N11O3/c1-57-36-16-10-32(11-17-36)40-49-41(38-28-46-55(43(38)50-40)34-6-4-3-5-7-34)53-22-20-31(21-23-53)30-8-14-35(15-9-30)56-44-39(29-47-56)42(54-24-26-59-27-25-54)51-45(52-44)48-33-12-18-37(58-2)19-13-33/h3-19,28-29,31H,20-27H2,1-2H3,(H,48,51,52). The summed E-state index contributed by atoms with van der Waals surface area (Å²) in [5.74, 6) is 4.87. The van der Waals surface area contributed by atoms with Crippen LogP contribution in [0.3, 0.4) is 0 Å². The molecule has 10 rings (SSSR count). The first kappa shape index (κ1) is 36.3. The van der Waals surface area contributed by atoms with Gasteiger partial charge in [-0.2, -0.15) is 20.2 Å². The first-order valence-corrected chi connectivity index (χ1v) is 19.9. The Bertz CT molecular complexity index is 2700. The fourth-order valence-electron chi connectivity index (χ4n) is 8.03. The highest BCUT2D eigenvalue weighted by Gasteiger charge is 2.26. The second-order valence-electron chi connectivity index (χ2n) is 14.7. The number of piperidine rings is 1. The van der Waals surface area contributed by atoms with Crippen molar-refractivity contribution in [2.75, 3.05) is 68.7 Å². The van der Waals surface area contributed by atoms with Crippen LogP contribution in [-0.2, 0) is 4.74 Å². The van der Waals surface area contributed by atoms with Gasteiger partial charge in [0.05, 0.1) is 62.0 Å². The van der Waals surface area contributed by atoms with E-state index in [1.807, 2.05) is 101 Å². The molecule has 6 heterocycles. The summed E-state index contributed by atoms with van der Waals surface area (Å²) in [6.07, 6.45) is 5.73. The Balaban J connectivity index is 0.912. The van der Waals surface area contributed by atoms with Gasteiger partial charge in [0.2, 0.25) is 5.95 Å². The van der Waals surface area contributed by atoms with Gasteiger partial charge in [0.15, 0.2) is 17.1 Å². The predicted molar refractivity (Wildman–Crippen MR) is 229 cm³/mol. The molecular formula is C45H43N11O3. The first-order chi connectivity index (χ1) is 29.1. The van der Waals surface area contributed by atoms with Gasteiger partial charge in [-0.1, -0.05) is 30.3 Å². The lowest BCUT2D eigenvalue weighted by atomic mass is 9.89. The van der Waals surface area contributed by atoms with Gasteiger partial charge >= 0.3 is 0 Å². The van der Waals surface area contributed by atoms with E-state index in [-0.39, 0.29) is 0 Å². The molecule has 59 heavy (non-hydrogen) atoms. The number of aromatic nitrogens is 8. The summed E-state index contributed by atoms with van der Waals surface area (Å²) in [6.45, 7) is 4.49. The molecule has 0 unspecified atom stereocenters. The molecule has 4 aromatic heterocycles. The molecule has 14 nitrogen and oxygen atoms in total. The SMILES string of the molecule is COc1ccc(Nc2nc(N3CCOCC3)c3cnn(-c4ccc(C5CCN(c6nc(-c7ccc(OC)cc7)nc7c6cnn7-c6ccccc6)CC5)cc4)c3n2)cc1. The molecule has 4 aromatic carbocycles. The van der Waals surface area contributed by atoms with Crippen molar-refractivity contribution >= 4 is 45.3 Å². The van der Waals surface area contributed by atoms with Crippen LogP contribution < -0.4 is 24.6 Å². The second-order valence-corrected chi connectivity index (χ2v) is 14.7. The zero-order chi connectivity index (χ0) is 39.7. The molecule has 0 atom stereocenters. The van der Waals surface area contributed by atoms with Crippen molar-refractivity contribution < 1.29 is 14.2 Å². The van der Waals surface area contributed by atoms with Gasteiger partial charge in [-0.15, -0.1) is 0 Å². The summed E-state index contributed by atoms with van der Waals surface area (Å²) in [4.78, 5) is 24.8. The minimum Gasteiger partial charge on any atom is -0.497 e. The Morgan fingerprint density at radius 3 is 1.81 bits per heavy atom. The van der Waals surface area contributed by atoms with Gasteiger partial charge < -0.3 is 29.3 Å². The topological polar surface area (TPSA) is 133 Å². The van der Waals surface area contributed by atoms with E-state index >= 15 is 0 Å². The minimum atomic E-state index is 0.399. The maximum absolute atomic E-state index is 5.66. The predicted octanol–water partition coefficient (Wildman–Crippen LogP) is 7.59. The van der Waals surface area contributed by atoms with Crippen LogP contribution in [0.5, 0.6) is 11.5 Å².